The largest absolute Gasteiger partial charge is 0.380 e. The summed E-state index contributed by atoms with van der Waals surface area (Å²) >= 11 is 0. The van der Waals surface area contributed by atoms with Crippen molar-refractivity contribution in [2.24, 2.45) is 16.3 Å². The van der Waals surface area contributed by atoms with Crippen molar-refractivity contribution in [3.8, 4) is 0 Å². The summed E-state index contributed by atoms with van der Waals surface area (Å²) in [5, 5.41) is 5.52. The van der Waals surface area contributed by atoms with Gasteiger partial charge in [-0.1, -0.05) is 17.3 Å². The summed E-state index contributed by atoms with van der Waals surface area (Å²) in [6.45, 7) is 1.70. The van der Waals surface area contributed by atoms with Gasteiger partial charge in [0.15, 0.2) is 0 Å². The van der Waals surface area contributed by atoms with Crippen LogP contribution in [0.1, 0.15) is 6.92 Å². The molecule has 0 aromatic carbocycles. The molecular formula is C6H9BN2O3. The standard InChI is InChI=1S/C6H9BN2O3/c1-3-5(9-11)4(2-8-10)12-6(3)7/h3-6H,2H2,1H3. The van der Waals surface area contributed by atoms with Crippen molar-refractivity contribution < 1.29 is 4.74 Å². The molecule has 1 aliphatic heterocycles. The highest BCUT2D eigenvalue weighted by Crippen LogP contribution is 2.27. The van der Waals surface area contributed by atoms with Gasteiger partial charge in [0.05, 0.1) is 0 Å². The highest BCUT2D eigenvalue weighted by atomic mass is 16.5. The Bertz CT molecular complexity index is 190. The molecule has 0 spiro atoms. The Morgan fingerprint density at radius 2 is 2.17 bits per heavy atom. The van der Waals surface area contributed by atoms with Crippen LogP contribution in [0, 0.1) is 15.7 Å². The van der Waals surface area contributed by atoms with Gasteiger partial charge < -0.3 is 4.74 Å². The maximum absolute atomic E-state index is 10.3. The molecule has 4 unspecified atom stereocenters. The lowest BCUT2D eigenvalue weighted by Crippen LogP contribution is -2.25. The number of ether oxygens (including phenoxy) is 1. The van der Waals surface area contributed by atoms with Gasteiger partial charge in [-0.3, -0.25) is 0 Å². The summed E-state index contributed by atoms with van der Waals surface area (Å²) in [5.74, 6) is -0.144. The van der Waals surface area contributed by atoms with Crippen LogP contribution in [0.15, 0.2) is 10.4 Å². The van der Waals surface area contributed by atoms with Crippen molar-refractivity contribution >= 4 is 7.85 Å². The van der Waals surface area contributed by atoms with Crippen LogP contribution in [-0.2, 0) is 4.74 Å². The summed E-state index contributed by atoms with van der Waals surface area (Å²) in [6, 6.07) is -1.06. The minimum Gasteiger partial charge on any atom is -0.380 e. The molecule has 1 aliphatic rings. The number of hydrogen-bond donors (Lipinski definition) is 0. The van der Waals surface area contributed by atoms with Gasteiger partial charge in [-0.25, -0.2) is 0 Å². The third-order valence-corrected chi connectivity index (χ3v) is 2.15. The maximum Gasteiger partial charge on any atom is 0.124 e. The van der Waals surface area contributed by atoms with Crippen LogP contribution >= 0.6 is 0 Å². The molecule has 1 saturated heterocycles. The normalized spacial score (nSPS) is 41.1. The summed E-state index contributed by atoms with van der Waals surface area (Å²) in [6.07, 6.45) is -0.537. The average molecular weight is 168 g/mol. The van der Waals surface area contributed by atoms with Crippen molar-refractivity contribution in [1.29, 1.82) is 0 Å². The molecule has 0 aliphatic carbocycles. The van der Waals surface area contributed by atoms with E-state index in [-0.39, 0.29) is 12.5 Å². The van der Waals surface area contributed by atoms with E-state index in [0.29, 0.717) is 0 Å². The fraction of sp³-hybridized carbons (Fsp3) is 1.00. The van der Waals surface area contributed by atoms with E-state index in [9.17, 15) is 9.81 Å². The Balaban J connectivity index is 2.64. The molecule has 6 heteroatoms. The topological polar surface area (TPSA) is 68.1 Å². The van der Waals surface area contributed by atoms with Crippen LogP contribution in [0.4, 0.5) is 0 Å². The molecule has 1 rings (SSSR count). The molecule has 0 aromatic rings. The zero-order chi connectivity index (χ0) is 9.14. The summed E-state index contributed by atoms with van der Waals surface area (Å²) in [4.78, 5) is 20.2. The van der Waals surface area contributed by atoms with Crippen LogP contribution in [0.2, 0.25) is 0 Å². The van der Waals surface area contributed by atoms with Gasteiger partial charge in [0.1, 0.15) is 26.5 Å². The number of nitrogens with zero attached hydrogens (tertiary/aromatic N) is 2. The molecule has 1 heterocycles. The van der Waals surface area contributed by atoms with Crippen molar-refractivity contribution in [3.05, 3.63) is 9.81 Å². The Hall–Kier alpha value is -0.775. The Morgan fingerprint density at radius 3 is 2.67 bits per heavy atom. The third-order valence-electron chi connectivity index (χ3n) is 2.15. The monoisotopic (exact) mass is 168 g/mol. The van der Waals surface area contributed by atoms with Crippen LogP contribution in [0.3, 0.4) is 0 Å². The van der Waals surface area contributed by atoms with E-state index in [1.165, 1.54) is 0 Å². The van der Waals surface area contributed by atoms with Gasteiger partial charge in [0, 0.05) is 11.9 Å². The van der Waals surface area contributed by atoms with E-state index in [4.69, 9.17) is 12.6 Å². The first-order valence-electron chi connectivity index (χ1n) is 3.73. The number of rotatable bonds is 3. The van der Waals surface area contributed by atoms with Gasteiger partial charge in [-0.15, -0.1) is 0 Å². The van der Waals surface area contributed by atoms with E-state index in [1.807, 2.05) is 0 Å². The fourth-order valence-electron chi connectivity index (χ4n) is 1.33. The first kappa shape index (κ1) is 9.31. The highest BCUT2D eigenvalue weighted by Gasteiger charge is 2.40. The van der Waals surface area contributed by atoms with Crippen LogP contribution in [-0.4, -0.2) is 32.5 Å². The van der Waals surface area contributed by atoms with E-state index in [1.54, 1.807) is 6.92 Å². The molecule has 0 aromatic heterocycles. The van der Waals surface area contributed by atoms with E-state index in [0.717, 1.165) is 0 Å². The minimum absolute atomic E-state index is 0.0611. The van der Waals surface area contributed by atoms with Crippen molar-refractivity contribution in [2.75, 3.05) is 6.54 Å². The molecule has 64 valence electrons. The fourth-order valence-corrected chi connectivity index (χ4v) is 1.33. The zero-order valence-electron chi connectivity index (χ0n) is 6.71. The Labute approximate surface area is 71.2 Å². The summed E-state index contributed by atoms with van der Waals surface area (Å²) in [5.41, 5.74) is 0. The van der Waals surface area contributed by atoms with Crippen molar-refractivity contribution in [2.45, 2.75) is 25.1 Å². The predicted molar refractivity (Wildman–Crippen MR) is 43.8 cm³/mol. The molecule has 2 radical (unpaired) electrons. The Kier molecular flexibility index (Phi) is 2.91. The Morgan fingerprint density at radius 1 is 1.50 bits per heavy atom. The molecule has 0 amide bonds. The molecular weight excluding hydrogens is 159 g/mol. The van der Waals surface area contributed by atoms with Gasteiger partial charge in [0.2, 0.25) is 0 Å². The quantitative estimate of drug-likeness (QED) is 0.452. The second kappa shape index (κ2) is 3.75. The SMILES string of the molecule is [B]C1OC(CN=O)C(N=O)C1C. The van der Waals surface area contributed by atoms with E-state index in [2.05, 4.69) is 10.4 Å². The molecule has 4 atom stereocenters. The third kappa shape index (κ3) is 1.53. The molecule has 5 nitrogen and oxygen atoms in total. The average Bonchev–Trinajstić information content (AvgIpc) is 2.29. The molecule has 1 fully saturated rings. The molecule has 12 heavy (non-hydrogen) atoms. The minimum atomic E-state index is -0.544. The first-order chi connectivity index (χ1) is 5.70. The number of hydrogen-bond acceptors (Lipinski definition) is 5. The number of nitroso groups, excluding NO2 is 2. The summed E-state index contributed by atoms with van der Waals surface area (Å²) in [7, 11) is 5.50. The van der Waals surface area contributed by atoms with Gasteiger partial charge in [-0.2, -0.15) is 9.81 Å². The second-order valence-electron chi connectivity index (χ2n) is 2.91. The molecule has 0 saturated carbocycles. The van der Waals surface area contributed by atoms with Crippen LogP contribution in [0.5, 0.6) is 0 Å². The van der Waals surface area contributed by atoms with Gasteiger partial charge in [0.25, 0.3) is 0 Å². The lowest BCUT2D eigenvalue weighted by molar-refractivity contribution is 0.0847. The highest BCUT2D eigenvalue weighted by molar-refractivity contribution is 6.11. The van der Waals surface area contributed by atoms with Crippen molar-refractivity contribution in [1.82, 2.24) is 0 Å². The molecule has 0 N–H and O–H groups in total. The zero-order valence-corrected chi connectivity index (χ0v) is 6.71. The summed E-state index contributed by atoms with van der Waals surface area (Å²) < 4.78 is 5.11. The van der Waals surface area contributed by atoms with Crippen LogP contribution < -0.4 is 0 Å². The first-order valence-corrected chi connectivity index (χ1v) is 3.73. The molecule has 0 bridgehead atoms. The van der Waals surface area contributed by atoms with E-state index < -0.39 is 18.1 Å². The van der Waals surface area contributed by atoms with Crippen molar-refractivity contribution in [3.63, 3.8) is 0 Å². The lowest BCUT2D eigenvalue weighted by Gasteiger charge is -2.09. The smallest absolute Gasteiger partial charge is 0.124 e. The van der Waals surface area contributed by atoms with Gasteiger partial charge in [-0.05, 0) is 0 Å². The lowest BCUT2D eigenvalue weighted by atomic mass is 9.85. The van der Waals surface area contributed by atoms with Crippen LogP contribution in [0.25, 0.3) is 0 Å². The second-order valence-corrected chi connectivity index (χ2v) is 2.91. The van der Waals surface area contributed by atoms with E-state index >= 15 is 0 Å². The predicted octanol–water partition coefficient (Wildman–Crippen LogP) is 0.417. The maximum atomic E-state index is 10.3. The van der Waals surface area contributed by atoms with Gasteiger partial charge >= 0.3 is 0 Å².